The summed E-state index contributed by atoms with van der Waals surface area (Å²) in [6.07, 6.45) is 6.02. The zero-order chi connectivity index (χ0) is 9.97. The molecule has 0 aromatic carbocycles. The number of hydrogen-bond donors (Lipinski definition) is 2. The summed E-state index contributed by atoms with van der Waals surface area (Å²) in [4.78, 5) is 4.06. The highest BCUT2D eigenvalue weighted by Gasteiger charge is 2.26. The van der Waals surface area contributed by atoms with Crippen molar-refractivity contribution in [1.29, 1.82) is 0 Å². The van der Waals surface area contributed by atoms with Gasteiger partial charge >= 0.3 is 0 Å². The number of nitrogens with zero attached hydrogens (tertiary/aromatic N) is 1. The predicted octanol–water partition coefficient (Wildman–Crippen LogP) is 1.78. The second kappa shape index (κ2) is 3.96. The van der Waals surface area contributed by atoms with Crippen molar-refractivity contribution in [1.82, 2.24) is 4.98 Å². The number of aliphatic hydroxyl groups is 1. The first-order valence-electron chi connectivity index (χ1n) is 5.11. The molecule has 2 atom stereocenters. The lowest BCUT2D eigenvalue weighted by atomic mass is 9.81. The second-order valence-electron chi connectivity index (χ2n) is 4.00. The summed E-state index contributed by atoms with van der Waals surface area (Å²) in [6, 6.07) is 2.41. The van der Waals surface area contributed by atoms with Gasteiger partial charge in [-0.2, -0.15) is 0 Å². The number of aliphatic hydroxyl groups excluding tert-OH is 1. The van der Waals surface area contributed by atoms with Crippen LogP contribution in [0.25, 0.3) is 0 Å². The lowest BCUT2D eigenvalue weighted by Crippen LogP contribution is -2.36. The summed E-state index contributed by atoms with van der Waals surface area (Å²) < 4.78 is 0. The van der Waals surface area contributed by atoms with Gasteiger partial charge in [0.05, 0.1) is 18.5 Å². The molecule has 1 saturated carbocycles. The van der Waals surface area contributed by atoms with Crippen LogP contribution in [0.2, 0.25) is 0 Å². The van der Waals surface area contributed by atoms with Gasteiger partial charge < -0.3 is 10.4 Å². The maximum absolute atomic E-state index is 9.12. The number of anilines is 1. The monoisotopic (exact) mass is 192 g/mol. The minimum absolute atomic E-state index is 0.0754. The Morgan fingerprint density at radius 1 is 1.57 bits per heavy atom. The standard InChI is InChI=1S/C11H16N2O/c1-8-2-3-10(8)13-11-6-12-5-4-9(11)7-14/h4-6,8,10,13-14H,2-3,7H2,1H3. The molecule has 0 saturated heterocycles. The molecular weight excluding hydrogens is 176 g/mol. The molecule has 1 heterocycles. The van der Waals surface area contributed by atoms with Gasteiger partial charge in [0.25, 0.3) is 0 Å². The number of rotatable bonds is 3. The molecule has 1 aliphatic rings. The third kappa shape index (κ3) is 1.73. The minimum Gasteiger partial charge on any atom is -0.392 e. The summed E-state index contributed by atoms with van der Waals surface area (Å²) in [7, 11) is 0. The van der Waals surface area contributed by atoms with Gasteiger partial charge in [0.15, 0.2) is 0 Å². The zero-order valence-electron chi connectivity index (χ0n) is 8.40. The quantitative estimate of drug-likeness (QED) is 0.767. The van der Waals surface area contributed by atoms with Crippen molar-refractivity contribution in [2.45, 2.75) is 32.4 Å². The van der Waals surface area contributed by atoms with Crippen LogP contribution in [0, 0.1) is 5.92 Å². The number of aromatic nitrogens is 1. The summed E-state index contributed by atoms with van der Waals surface area (Å²) in [5.41, 5.74) is 1.91. The molecule has 0 aliphatic heterocycles. The summed E-state index contributed by atoms with van der Waals surface area (Å²) in [6.45, 7) is 2.32. The van der Waals surface area contributed by atoms with Crippen molar-refractivity contribution in [2.75, 3.05) is 5.32 Å². The molecule has 2 unspecified atom stereocenters. The number of nitrogens with one attached hydrogen (secondary N) is 1. The summed E-state index contributed by atoms with van der Waals surface area (Å²) in [5, 5.41) is 12.5. The van der Waals surface area contributed by atoms with Crippen LogP contribution in [-0.2, 0) is 6.61 Å². The first-order chi connectivity index (χ1) is 6.81. The molecule has 3 nitrogen and oxygen atoms in total. The van der Waals surface area contributed by atoms with E-state index in [4.69, 9.17) is 5.11 Å². The lowest BCUT2D eigenvalue weighted by molar-refractivity contribution is 0.280. The minimum atomic E-state index is 0.0754. The van der Waals surface area contributed by atoms with E-state index in [-0.39, 0.29) is 6.61 Å². The molecule has 2 rings (SSSR count). The van der Waals surface area contributed by atoms with E-state index < -0.39 is 0 Å². The molecule has 2 N–H and O–H groups in total. The summed E-state index contributed by atoms with van der Waals surface area (Å²) in [5.74, 6) is 0.738. The van der Waals surface area contributed by atoms with Crippen molar-refractivity contribution < 1.29 is 5.11 Å². The molecule has 1 aromatic rings. The van der Waals surface area contributed by atoms with Crippen molar-refractivity contribution in [3.05, 3.63) is 24.0 Å². The third-order valence-corrected chi connectivity index (χ3v) is 3.04. The van der Waals surface area contributed by atoms with E-state index in [2.05, 4.69) is 17.2 Å². The first kappa shape index (κ1) is 9.46. The predicted molar refractivity (Wildman–Crippen MR) is 56.0 cm³/mol. The third-order valence-electron chi connectivity index (χ3n) is 3.04. The fourth-order valence-corrected chi connectivity index (χ4v) is 1.77. The van der Waals surface area contributed by atoms with Crippen LogP contribution in [-0.4, -0.2) is 16.1 Å². The topological polar surface area (TPSA) is 45.2 Å². The average molecular weight is 192 g/mol. The fourth-order valence-electron chi connectivity index (χ4n) is 1.77. The van der Waals surface area contributed by atoms with Gasteiger partial charge in [0.2, 0.25) is 0 Å². The van der Waals surface area contributed by atoms with E-state index in [9.17, 15) is 0 Å². The van der Waals surface area contributed by atoms with Gasteiger partial charge in [-0.05, 0) is 24.8 Å². The van der Waals surface area contributed by atoms with E-state index in [1.54, 1.807) is 12.4 Å². The average Bonchev–Trinajstić information content (AvgIpc) is 2.24. The van der Waals surface area contributed by atoms with Gasteiger partial charge in [-0.15, -0.1) is 0 Å². The van der Waals surface area contributed by atoms with Gasteiger partial charge in [-0.1, -0.05) is 6.92 Å². The van der Waals surface area contributed by atoms with Crippen LogP contribution >= 0.6 is 0 Å². The van der Waals surface area contributed by atoms with Gasteiger partial charge in [-0.25, -0.2) is 0 Å². The van der Waals surface area contributed by atoms with Crippen molar-refractivity contribution in [3.63, 3.8) is 0 Å². The van der Waals surface area contributed by atoms with E-state index in [0.717, 1.165) is 17.2 Å². The van der Waals surface area contributed by atoms with Crippen molar-refractivity contribution in [3.8, 4) is 0 Å². The van der Waals surface area contributed by atoms with E-state index in [0.29, 0.717) is 6.04 Å². The molecule has 14 heavy (non-hydrogen) atoms. The zero-order valence-corrected chi connectivity index (χ0v) is 8.40. The van der Waals surface area contributed by atoms with Crippen LogP contribution < -0.4 is 5.32 Å². The van der Waals surface area contributed by atoms with Gasteiger partial charge in [-0.3, -0.25) is 4.98 Å². The van der Waals surface area contributed by atoms with E-state index >= 15 is 0 Å². The van der Waals surface area contributed by atoms with Crippen molar-refractivity contribution in [2.24, 2.45) is 5.92 Å². The molecule has 1 aromatic heterocycles. The van der Waals surface area contributed by atoms with E-state index in [1.165, 1.54) is 12.8 Å². The van der Waals surface area contributed by atoms with Crippen LogP contribution in [0.5, 0.6) is 0 Å². The van der Waals surface area contributed by atoms with Crippen LogP contribution in [0.15, 0.2) is 18.5 Å². The largest absolute Gasteiger partial charge is 0.392 e. The maximum Gasteiger partial charge on any atom is 0.0703 e. The van der Waals surface area contributed by atoms with Crippen LogP contribution in [0.1, 0.15) is 25.3 Å². The molecular formula is C11H16N2O. The Labute approximate surface area is 84.2 Å². The smallest absolute Gasteiger partial charge is 0.0703 e. The van der Waals surface area contributed by atoms with Crippen LogP contribution in [0.3, 0.4) is 0 Å². The summed E-state index contributed by atoms with van der Waals surface area (Å²) >= 11 is 0. The highest BCUT2D eigenvalue weighted by Crippen LogP contribution is 2.30. The Bertz CT molecular complexity index is 314. The van der Waals surface area contributed by atoms with Crippen molar-refractivity contribution >= 4 is 5.69 Å². The number of pyridine rings is 1. The molecule has 1 aliphatic carbocycles. The fraction of sp³-hybridized carbons (Fsp3) is 0.545. The first-order valence-corrected chi connectivity index (χ1v) is 5.11. The van der Waals surface area contributed by atoms with E-state index in [1.807, 2.05) is 6.07 Å². The molecule has 0 spiro atoms. The van der Waals surface area contributed by atoms with Gasteiger partial charge in [0, 0.05) is 17.8 Å². The maximum atomic E-state index is 9.12. The molecule has 76 valence electrons. The number of hydrogen-bond acceptors (Lipinski definition) is 3. The molecule has 0 amide bonds. The second-order valence-corrected chi connectivity index (χ2v) is 4.00. The lowest BCUT2D eigenvalue weighted by Gasteiger charge is -2.35. The normalized spacial score (nSPS) is 25.6. The van der Waals surface area contributed by atoms with Crippen LogP contribution in [0.4, 0.5) is 5.69 Å². The van der Waals surface area contributed by atoms with Gasteiger partial charge in [0.1, 0.15) is 0 Å². The highest BCUT2D eigenvalue weighted by molar-refractivity contribution is 5.49. The Kier molecular flexibility index (Phi) is 2.68. The molecule has 0 radical (unpaired) electrons. The molecule has 0 bridgehead atoms. The Balaban J connectivity index is 2.07. The SMILES string of the molecule is CC1CCC1Nc1cnccc1CO. The molecule has 3 heteroatoms. The Morgan fingerprint density at radius 2 is 2.43 bits per heavy atom. The Hall–Kier alpha value is -1.09. The Morgan fingerprint density at radius 3 is 3.00 bits per heavy atom. The molecule has 1 fully saturated rings. The highest BCUT2D eigenvalue weighted by atomic mass is 16.3.